The molecule has 0 bridgehead atoms. The fraction of sp³-hybridized carbons (Fsp3) is 1.00. The standard InChI is InChI=1S/C6H17NOSi/c7-5-3-1-2-4-6-8-9/h1-7H2,9H3. The van der Waals surface area contributed by atoms with Gasteiger partial charge < -0.3 is 10.2 Å². The zero-order valence-electron chi connectivity index (χ0n) is 6.23. The molecule has 0 aliphatic rings. The van der Waals surface area contributed by atoms with E-state index in [1.807, 2.05) is 0 Å². The summed E-state index contributed by atoms with van der Waals surface area (Å²) in [5, 5.41) is 0. The van der Waals surface area contributed by atoms with Gasteiger partial charge in [0.05, 0.1) is 0 Å². The summed E-state index contributed by atoms with van der Waals surface area (Å²) in [5.74, 6) is 0. The number of hydrogen-bond acceptors (Lipinski definition) is 2. The van der Waals surface area contributed by atoms with E-state index in [1.165, 1.54) is 25.7 Å². The Bertz CT molecular complexity index is 46.3. The summed E-state index contributed by atoms with van der Waals surface area (Å²) in [4.78, 5) is 0. The number of hydrogen-bond donors (Lipinski definition) is 1. The predicted octanol–water partition coefficient (Wildman–Crippen LogP) is -0.198. The lowest BCUT2D eigenvalue weighted by atomic mass is 10.2. The van der Waals surface area contributed by atoms with E-state index in [-0.39, 0.29) is 0 Å². The highest BCUT2D eigenvalue weighted by Crippen LogP contribution is 1.97. The Hall–Kier alpha value is 0.137. The molecule has 0 rings (SSSR count). The third kappa shape index (κ3) is 8.14. The highest BCUT2D eigenvalue weighted by Gasteiger charge is 1.85. The van der Waals surface area contributed by atoms with Gasteiger partial charge in [-0.1, -0.05) is 12.8 Å². The molecule has 0 aromatic heterocycles. The highest BCUT2D eigenvalue weighted by molar-refractivity contribution is 5.97. The zero-order chi connectivity index (χ0) is 6.95. The van der Waals surface area contributed by atoms with Crippen LogP contribution in [0.25, 0.3) is 0 Å². The summed E-state index contributed by atoms with van der Waals surface area (Å²) in [6, 6.07) is 0. The molecule has 0 aliphatic heterocycles. The molecule has 0 aliphatic carbocycles. The lowest BCUT2D eigenvalue weighted by Gasteiger charge is -1.97. The van der Waals surface area contributed by atoms with Crippen molar-refractivity contribution in [3.63, 3.8) is 0 Å². The molecule has 9 heavy (non-hydrogen) atoms. The monoisotopic (exact) mass is 147 g/mol. The second-order valence-electron chi connectivity index (χ2n) is 2.20. The summed E-state index contributed by atoms with van der Waals surface area (Å²) in [7, 11) is 0.884. The van der Waals surface area contributed by atoms with Crippen LogP contribution in [0.1, 0.15) is 25.7 Å². The van der Waals surface area contributed by atoms with Crippen LogP contribution in [0.5, 0.6) is 0 Å². The molecule has 0 saturated heterocycles. The largest absolute Gasteiger partial charge is 0.428 e. The molecule has 3 heteroatoms. The molecule has 2 N–H and O–H groups in total. The van der Waals surface area contributed by atoms with Crippen molar-refractivity contribution < 1.29 is 4.43 Å². The smallest absolute Gasteiger partial charge is 0.145 e. The Labute approximate surface area is 60.3 Å². The molecule has 0 heterocycles. The van der Waals surface area contributed by atoms with Crippen molar-refractivity contribution >= 4 is 10.5 Å². The first-order valence-electron chi connectivity index (χ1n) is 3.61. The fourth-order valence-corrected chi connectivity index (χ4v) is 1.03. The van der Waals surface area contributed by atoms with Gasteiger partial charge in [-0.15, -0.1) is 0 Å². The molecule has 0 atom stereocenters. The summed E-state index contributed by atoms with van der Waals surface area (Å²) < 4.78 is 5.03. The molecule has 0 fully saturated rings. The van der Waals surface area contributed by atoms with Crippen molar-refractivity contribution in [2.45, 2.75) is 25.7 Å². The van der Waals surface area contributed by atoms with Gasteiger partial charge in [-0.25, -0.2) is 0 Å². The lowest BCUT2D eigenvalue weighted by molar-refractivity contribution is 0.333. The van der Waals surface area contributed by atoms with Gasteiger partial charge in [-0.2, -0.15) is 0 Å². The van der Waals surface area contributed by atoms with Gasteiger partial charge in [-0.3, -0.25) is 0 Å². The van der Waals surface area contributed by atoms with E-state index >= 15 is 0 Å². The van der Waals surface area contributed by atoms with Crippen molar-refractivity contribution in [1.82, 2.24) is 0 Å². The molecular weight excluding hydrogens is 130 g/mol. The van der Waals surface area contributed by atoms with Crippen LogP contribution in [0.4, 0.5) is 0 Å². The lowest BCUT2D eigenvalue weighted by Crippen LogP contribution is -1.98. The number of nitrogens with two attached hydrogens (primary N) is 1. The maximum absolute atomic E-state index is 5.32. The second-order valence-corrected chi connectivity index (χ2v) is 2.77. The van der Waals surface area contributed by atoms with E-state index in [2.05, 4.69) is 0 Å². The molecule has 0 amide bonds. The predicted molar refractivity (Wildman–Crippen MR) is 43.4 cm³/mol. The average molecular weight is 147 g/mol. The molecule has 56 valence electrons. The van der Waals surface area contributed by atoms with E-state index < -0.39 is 0 Å². The second kappa shape index (κ2) is 8.14. The Morgan fingerprint density at radius 3 is 2.33 bits per heavy atom. The Kier molecular flexibility index (Phi) is 8.26. The van der Waals surface area contributed by atoms with Crippen LogP contribution in [0.3, 0.4) is 0 Å². The van der Waals surface area contributed by atoms with Gasteiger partial charge in [0.25, 0.3) is 0 Å². The van der Waals surface area contributed by atoms with Crippen molar-refractivity contribution in [1.29, 1.82) is 0 Å². The SMILES string of the molecule is NCCCCCCO[SiH3]. The summed E-state index contributed by atoms with van der Waals surface area (Å²) in [6.45, 7) is 1.79. The summed E-state index contributed by atoms with van der Waals surface area (Å²) >= 11 is 0. The van der Waals surface area contributed by atoms with E-state index in [0.29, 0.717) is 0 Å². The highest BCUT2D eigenvalue weighted by atomic mass is 28.2. The van der Waals surface area contributed by atoms with Crippen LogP contribution in [0.2, 0.25) is 0 Å². The van der Waals surface area contributed by atoms with Crippen LogP contribution in [0.15, 0.2) is 0 Å². The van der Waals surface area contributed by atoms with Gasteiger partial charge in [-0.05, 0) is 19.4 Å². The topological polar surface area (TPSA) is 35.2 Å². The molecule has 0 radical (unpaired) electrons. The van der Waals surface area contributed by atoms with Crippen LogP contribution in [0, 0.1) is 0 Å². The van der Waals surface area contributed by atoms with E-state index in [0.717, 1.165) is 23.6 Å². The fourth-order valence-electron chi connectivity index (χ4n) is 0.744. The van der Waals surface area contributed by atoms with Gasteiger partial charge in [0, 0.05) is 6.61 Å². The third-order valence-electron chi connectivity index (χ3n) is 1.30. The molecule has 0 unspecified atom stereocenters. The summed E-state index contributed by atoms with van der Waals surface area (Å²) in [6.07, 6.45) is 4.92. The Morgan fingerprint density at radius 1 is 1.11 bits per heavy atom. The average Bonchev–Trinajstić information content (AvgIpc) is 1.89. The molecule has 0 aromatic carbocycles. The molecule has 2 nitrogen and oxygen atoms in total. The van der Waals surface area contributed by atoms with Crippen LogP contribution in [-0.2, 0) is 4.43 Å². The maximum atomic E-state index is 5.32. The van der Waals surface area contributed by atoms with Gasteiger partial charge in [0.1, 0.15) is 10.5 Å². The first-order chi connectivity index (χ1) is 4.41. The first kappa shape index (κ1) is 9.14. The minimum atomic E-state index is 0.835. The van der Waals surface area contributed by atoms with E-state index in [9.17, 15) is 0 Å². The minimum absolute atomic E-state index is 0.835. The first-order valence-corrected chi connectivity index (χ1v) is 4.42. The summed E-state index contributed by atoms with van der Waals surface area (Å²) in [5.41, 5.74) is 5.32. The number of rotatable bonds is 6. The van der Waals surface area contributed by atoms with Crippen molar-refractivity contribution in [3.8, 4) is 0 Å². The van der Waals surface area contributed by atoms with E-state index in [1.54, 1.807) is 0 Å². The molecular formula is C6H17NOSi. The van der Waals surface area contributed by atoms with Crippen LogP contribution >= 0.6 is 0 Å². The van der Waals surface area contributed by atoms with Crippen LogP contribution < -0.4 is 5.73 Å². The van der Waals surface area contributed by atoms with Gasteiger partial charge in [0.15, 0.2) is 0 Å². The molecule has 0 aromatic rings. The van der Waals surface area contributed by atoms with Crippen molar-refractivity contribution in [2.75, 3.05) is 13.2 Å². The number of unbranched alkanes of at least 4 members (excludes halogenated alkanes) is 3. The maximum Gasteiger partial charge on any atom is 0.145 e. The van der Waals surface area contributed by atoms with Crippen molar-refractivity contribution in [2.24, 2.45) is 5.73 Å². The third-order valence-corrected chi connectivity index (χ3v) is 1.71. The Morgan fingerprint density at radius 2 is 1.78 bits per heavy atom. The molecule has 0 saturated carbocycles. The molecule has 0 spiro atoms. The quantitative estimate of drug-likeness (QED) is 0.417. The minimum Gasteiger partial charge on any atom is -0.428 e. The van der Waals surface area contributed by atoms with Crippen LogP contribution in [-0.4, -0.2) is 23.6 Å². The van der Waals surface area contributed by atoms with Crippen molar-refractivity contribution in [3.05, 3.63) is 0 Å². The van der Waals surface area contributed by atoms with E-state index in [4.69, 9.17) is 10.2 Å². The normalized spacial score (nSPS) is 10.3. The Balaban J connectivity index is 2.60. The van der Waals surface area contributed by atoms with Gasteiger partial charge in [0.2, 0.25) is 0 Å². The van der Waals surface area contributed by atoms with Gasteiger partial charge >= 0.3 is 0 Å². The zero-order valence-corrected chi connectivity index (χ0v) is 8.23.